The fourth-order valence-corrected chi connectivity index (χ4v) is 3.46. The van der Waals surface area contributed by atoms with E-state index < -0.39 is 5.60 Å². The lowest BCUT2D eigenvalue weighted by Crippen LogP contribution is -2.42. The molecule has 0 spiro atoms. The molecule has 5 heteroatoms. The Morgan fingerprint density at radius 3 is 2.63 bits per heavy atom. The van der Waals surface area contributed by atoms with E-state index in [1.807, 2.05) is 57.4 Å². The van der Waals surface area contributed by atoms with Crippen LogP contribution in [0, 0.1) is 0 Å². The molecule has 1 aliphatic carbocycles. The summed E-state index contributed by atoms with van der Waals surface area (Å²) >= 11 is 0. The summed E-state index contributed by atoms with van der Waals surface area (Å²) in [6.45, 7) is 9.49. The number of pyridine rings is 1. The number of hydrogen-bond acceptors (Lipinski definition) is 4. The molecule has 2 aromatic rings. The lowest BCUT2D eigenvalue weighted by Gasteiger charge is -2.30. The molecule has 0 unspecified atom stereocenters. The van der Waals surface area contributed by atoms with Crippen LogP contribution in [0.2, 0.25) is 0 Å². The van der Waals surface area contributed by atoms with Crippen molar-refractivity contribution in [2.45, 2.75) is 64.2 Å². The maximum absolute atomic E-state index is 11.9. The Kier molecular flexibility index (Phi) is 5.68. The molecule has 1 N–H and O–H groups in total. The highest BCUT2D eigenvalue weighted by Crippen LogP contribution is 2.32. The zero-order valence-electron chi connectivity index (χ0n) is 16.3. The number of ether oxygens (including phenoxy) is 2. The molecule has 0 radical (unpaired) electrons. The summed E-state index contributed by atoms with van der Waals surface area (Å²) in [5, 5.41) is 5.07. The van der Waals surface area contributed by atoms with Gasteiger partial charge in [0.1, 0.15) is 11.4 Å². The van der Waals surface area contributed by atoms with Gasteiger partial charge < -0.3 is 14.8 Å². The molecule has 0 saturated heterocycles. The molecule has 1 aromatic heterocycles. The standard InChI is InChI=1S/C22H28N2O3/c1-5-15-13-23-14-16-7-6-8-19(20(15)16)26-18-11-9-17(10-12-18)24-21(25)27-22(2,3)4/h5-8,13-14,17-18H,1,9-12H2,2-4H3,(H,24,25). The number of alkyl carbamates (subject to hydrolysis) is 1. The average Bonchev–Trinajstić information content (AvgIpc) is 2.61. The monoisotopic (exact) mass is 368 g/mol. The van der Waals surface area contributed by atoms with Gasteiger partial charge in [-0.15, -0.1) is 0 Å². The van der Waals surface area contributed by atoms with Crippen LogP contribution in [0.5, 0.6) is 5.75 Å². The summed E-state index contributed by atoms with van der Waals surface area (Å²) in [6.07, 6.45) is 8.80. The van der Waals surface area contributed by atoms with E-state index in [4.69, 9.17) is 9.47 Å². The number of nitrogens with one attached hydrogen (secondary N) is 1. The van der Waals surface area contributed by atoms with Crippen molar-refractivity contribution in [1.82, 2.24) is 10.3 Å². The maximum Gasteiger partial charge on any atom is 0.407 e. The van der Waals surface area contributed by atoms with Crippen molar-refractivity contribution in [1.29, 1.82) is 0 Å². The van der Waals surface area contributed by atoms with Gasteiger partial charge in [-0.2, -0.15) is 0 Å². The summed E-state index contributed by atoms with van der Waals surface area (Å²) < 4.78 is 11.7. The normalized spacial score (nSPS) is 20.1. The first-order valence-electron chi connectivity index (χ1n) is 9.51. The molecule has 1 heterocycles. The average molecular weight is 368 g/mol. The third-order valence-electron chi connectivity index (χ3n) is 4.68. The van der Waals surface area contributed by atoms with Gasteiger partial charge in [0.15, 0.2) is 0 Å². The van der Waals surface area contributed by atoms with Crippen LogP contribution in [-0.2, 0) is 4.74 Å². The van der Waals surface area contributed by atoms with Crippen molar-refractivity contribution in [2.24, 2.45) is 0 Å². The Hall–Kier alpha value is -2.56. The zero-order valence-corrected chi connectivity index (χ0v) is 16.3. The summed E-state index contributed by atoms with van der Waals surface area (Å²) in [7, 11) is 0. The molecule has 144 valence electrons. The van der Waals surface area contributed by atoms with Gasteiger partial charge in [-0.25, -0.2) is 4.79 Å². The molecule has 1 saturated carbocycles. The minimum Gasteiger partial charge on any atom is -0.490 e. The van der Waals surface area contributed by atoms with E-state index in [-0.39, 0.29) is 18.2 Å². The number of carbonyl (C=O) groups excluding carboxylic acids is 1. The third-order valence-corrected chi connectivity index (χ3v) is 4.68. The van der Waals surface area contributed by atoms with E-state index in [1.165, 1.54) is 0 Å². The van der Waals surface area contributed by atoms with Gasteiger partial charge >= 0.3 is 6.09 Å². The smallest absolute Gasteiger partial charge is 0.407 e. The summed E-state index contributed by atoms with van der Waals surface area (Å²) in [5.74, 6) is 0.869. The van der Waals surface area contributed by atoms with Gasteiger partial charge in [-0.1, -0.05) is 24.8 Å². The first kappa shape index (κ1) is 19.2. The predicted molar refractivity (Wildman–Crippen MR) is 108 cm³/mol. The van der Waals surface area contributed by atoms with Crippen molar-refractivity contribution in [2.75, 3.05) is 0 Å². The fourth-order valence-electron chi connectivity index (χ4n) is 3.46. The zero-order chi connectivity index (χ0) is 19.4. The quantitative estimate of drug-likeness (QED) is 0.816. The fraction of sp³-hybridized carbons (Fsp3) is 0.455. The van der Waals surface area contributed by atoms with Crippen molar-refractivity contribution < 1.29 is 14.3 Å². The second kappa shape index (κ2) is 7.99. The van der Waals surface area contributed by atoms with Crippen LogP contribution < -0.4 is 10.1 Å². The van der Waals surface area contributed by atoms with E-state index in [2.05, 4.69) is 16.9 Å². The van der Waals surface area contributed by atoms with Crippen LogP contribution >= 0.6 is 0 Å². The first-order chi connectivity index (χ1) is 12.9. The van der Waals surface area contributed by atoms with Crippen molar-refractivity contribution in [3.63, 3.8) is 0 Å². The van der Waals surface area contributed by atoms with Gasteiger partial charge in [0.05, 0.1) is 6.10 Å². The summed E-state index contributed by atoms with van der Waals surface area (Å²) in [4.78, 5) is 16.2. The molecule has 0 aliphatic heterocycles. The van der Waals surface area contributed by atoms with E-state index in [9.17, 15) is 4.79 Å². The van der Waals surface area contributed by atoms with Crippen LogP contribution in [0.25, 0.3) is 16.8 Å². The highest BCUT2D eigenvalue weighted by atomic mass is 16.6. The lowest BCUT2D eigenvalue weighted by atomic mass is 9.93. The van der Waals surface area contributed by atoms with E-state index in [1.54, 1.807) is 0 Å². The number of rotatable bonds is 4. The SMILES string of the molecule is C=Cc1cncc2cccc(OC3CCC(NC(=O)OC(C)(C)C)CC3)c12. The van der Waals surface area contributed by atoms with Gasteiger partial charge in [-0.05, 0) is 52.5 Å². The first-order valence-corrected chi connectivity index (χ1v) is 9.51. The van der Waals surface area contributed by atoms with E-state index >= 15 is 0 Å². The lowest BCUT2D eigenvalue weighted by molar-refractivity contribution is 0.0471. The van der Waals surface area contributed by atoms with E-state index in [0.29, 0.717) is 0 Å². The number of fused-ring (bicyclic) bond motifs is 1. The molecule has 1 fully saturated rings. The highest BCUT2D eigenvalue weighted by Gasteiger charge is 2.26. The Bertz CT molecular complexity index is 813. The summed E-state index contributed by atoms with van der Waals surface area (Å²) in [6, 6.07) is 6.16. The second-order valence-electron chi connectivity index (χ2n) is 8.02. The number of carbonyl (C=O) groups is 1. The van der Waals surface area contributed by atoms with Gasteiger partial charge in [0.25, 0.3) is 0 Å². The Balaban J connectivity index is 1.61. The van der Waals surface area contributed by atoms with E-state index in [0.717, 1.165) is 47.8 Å². The van der Waals surface area contributed by atoms with Crippen molar-refractivity contribution in [3.8, 4) is 5.75 Å². The summed E-state index contributed by atoms with van der Waals surface area (Å²) in [5.41, 5.74) is 0.500. The van der Waals surface area contributed by atoms with Gasteiger partial charge in [0.2, 0.25) is 0 Å². The molecule has 1 aromatic carbocycles. The molecule has 27 heavy (non-hydrogen) atoms. The van der Waals surface area contributed by atoms with Crippen LogP contribution in [0.15, 0.2) is 37.2 Å². The van der Waals surface area contributed by atoms with Crippen molar-refractivity contribution >= 4 is 22.9 Å². The minimum atomic E-state index is -0.476. The number of amides is 1. The van der Waals surface area contributed by atoms with Gasteiger partial charge in [0, 0.05) is 34.8 Å². The number of aromatic nitrogens is 1. The predicted octanol–water partition coefficient (Wildman–Crippen LogP) is 5.09. The molecule has 5 nitrogen and oxygen atoms in total. The Morgan fingerprint density at radius 1 is 1.22 bits per heavy atom. The van der Waals surface area contributed by atoms with Crippen LogP contribution in [0.4, 0.5) is 4.79 Å². The Labute approximate surface area is 160 Å². The maximum atomic E-state index is 11.9. The number of hydrogen-bond donors (Lipinski definition) is 1. The van der Waals surface area contributed by atoms with Crippen LogP contribution in [0.1, 0.15) is 52.0 Å². The number of benzene rings is 1. The van der Waals surface area contributed by atoms with Crippen LogP contribution in [-0.4, -0.2) is 28.8 Å². The highest BCUT2D eigenvalue weighted by molar-refractivity contribution is 5.94. The topological polar surface area (TPSA) is 60.5 Å². The van der Waals surface area contributed by atoms with Crippen molar-refractivity contribution in [3.05, 3.63) is 42.7 Å². The molecule has 0 bridgehead atoms. The number of nitrogens with zero attached hydrogens (tertiary/aromatic N) is 1. The second-order valence-corrected chi connectivity index (χ2v) is 8.02. The largest absolute Gasteiger partial charge is 0.490 e. The molecular formula is C22H28N2O3. The van der Waals surface area contributed by atoms with Gasteiger partial charge in [-0.3, -0.25) is 4.98 Å². The third kappa shape index (κ3) is 5.00. The molecule has 1 aliphatic rings. The molecular weight excluding hydrogens is 340 g/mol. The van der Waals surface area contributed by atoms with Crippen LogP contribution in [0.3, 0.4) is 0 Å². The minimum absolute atomic E-state index is 0.137. The molecule has 3 rings (SSSR count). The Morgan fingerprint density at radius 2 is 1.96 bits per heavy atom. The molecule has 0 atom stereocenters. The molecule has 1 amide bonds.